The average Bonchev–Trinajstić information content (AvgIpc) is 2.96. The highest BCUT2D eigenvalue weighted by atomic mass is 16.3. The van der Waals surface area contributed by atoms with E-state index in [4.69, 9.17) is 5.11 Å². The number of amides is 1. The van der Waals surface area contributed by atoms with Gasteiger partial charge in [0.15, 0.2) is 0 Å². The molecule has 1 aromatic rings. The first kappa shape index (κ1) is 11.1. The van der Waals surface area contributed by atoms with E-state index in [1.807, 2.05) is 12.3 Å². The standard InChI is InChI=1S/C11H17N3O2/c15-9-10-3-1-7-14(10)11(16)4-8-13-6-2-5-12-13/h2,5-6,10,15H,1,3-4,7-9H2/t10-/m0/s1. The number of aromatic nitrogens is 2. The molecule has 1 fully saturated rings. The third-order valence-corrected chi connectivity index (χ3v) is 3.02. The van der Waals surface area contributed by atoms with Crippen LogP contribution in [0, 0.1) is 0 Å². The molecule has 0 spiro atoms. The third-order valence-electron chi connectivity index (χ3n) is 3.02. The predicted octanol–water partition coefficient (Wildman–Crippen LogP) is 0.257. The van der Waals surface area contributed by atoms with Gasteiger partial charge in [0, 0.05) is 31.9 Å². The zero-order chi connectivity index (χ0) is 11.4. The topological polar surface area (TPSA) is 58.4 Å². The van der Waals surface area contributed by atoms with Crippen LogP contribution in [0.1, 0.15) is 19.3 Å². The Labute approximate surface area is 94.7 Å². The molecule has 5 heteroatoms. The van der Waals surface area contributed by atoms with Crippen molar-refractivity contribution in [1.82, 2.24) is 14.7 Å². The van der Waals surface area contributed by atoms with Crippen molar-refractivity contribution in [3.05, 3.63) is 18.5 Å². The van der Waals surface area contributed by atoms with E-state index in [-0.39, 0.29) is 18.6 Å². The zero-order valence-electron chi connectivity index (χ0n) is 9.25. The summed E-state index contributed by atoms with van der Waals surface area (Å²) in [5.41, 5.74) is 0. The number of aliphatic hydroxyl groups excluding tert-OH is 1. The van der Waals surface area contributed by atoms with Gasteiger partial charge in [0.1, 0.15) is 0 Å². The molecule has 1 amide bonds. The largest absolute Gasteiger partial charge is 0.394 e. The van der Waals surface area contributed by atoms with Crippen LogP contribution in [0.15, 0.2) is 18.5 Å². The van der Waals surface area contributed by atoms with Crippen molar-refractivity contribution in [2.24, 2.45) is 0 Å². The molecular formula is C11H17N3O2. The van der Waals surface area contributed by atoms with E-state index < -0.39 is 0 Å². The van der Waals surface area contributed by atoms with Crippen LogP contribution >= 0.6 is 0 Å². The lowest BCUT2D eigenvalue weighted by molar-refractivity contribution is -0.133. The number of likely N-dealkylation sites (tertiary alicyclic amines) is 1. The van der Waals surface area contributed by atoms with Crippen molar-refractivity contribution in [2.45, 2.75) is 31.8 Å². The van der Waals surface area contributed by atoms with E-state index in [9.17, 15) is 4.79 Å². The van der Waals surface area contributed by atoms with Crippen LogP contribution in [-0.2, 0) is 11.3 Å². The van der Waals surface area contributed by atoms with Gasteiger partial charge < -0.3 is 10.0 Å². The summed E-state index contributed by atoms with van der Waals surface area (Å²) in [6.07, 6.45) is 5.93. The number of carbonyl (C=O) groups excluding carboxylic acids is 1. The summed E-state index contributed by atoms with van der Waals surface area (Å²) in [7, 11) is 0. The lowest BCUT2D eigenvalue weighted by atomic mass is 10.2. The Bertz CT molecular complexity index is 337. The minimum Gasteiger partial charge on any atom is -0.394 e. The van der Waals surface area contributed by atoms with Gasteiger partial charge in [-0.2, -0.15) is 5.10 Å². The Hall–Kier alpha value is -1.36. The van der Waals surface area contributed by atoms with Gasteiger partial charge in [-0.25, -0.2) is 0 Å². The van der Waals surface area contributed by atoms with E-state index >= 15 is 0 Å². The maximum absolute atomic E-state index is 11.9. The first-order chi connectivity index (χ1) is 7.81. The molecule has 1 saturated heterocycles. The van der Waals surface area contributed by atoms with Crippen molar-refractivity contribution in [3.63, 3.8) is 0 Å². The monoisotopic (exact) mass is 223 g/mol. The lowest BCUT2D eigenvalue weighted by Crippen LogP contribution is -2.38. The molecule has 1 aliphatic rings. The fourth-order valence-corrected chi connectivity index (χ4v) is 2.14. The Balaban J connectivity index is 1.83. The summed E-state index contributed by atoms with van der Waals surface area (Å²) in [5.74, 6) is 0.118. The summed E-state index contributed by atoms with van der Waals surface area (Å²) in [6, 6.07) is 1.88. The number of aliphatic hydroxyl groups is 1. The van der Waals surface area contributed by atoms with E-state index in [0.717, 1.165) is 19.4 Å². The van der Waals surface area contributed by atoms with E-state index in [1.54, 1.807) is 15.8 Å². The van der Waals surface area contributed by atoms with Gasteiger partial charge in [0.2, 0.25) is 5.91 Å². The van der Waals surface area contributed by atoms with E-state index in [2.05, 4.69) is 5.10 Å². The minimum atomic E-state index is 0.0325. The first-order valence-corrected chi connectivity index (χ1v) is 5.69. The van der Waals surface area contributed by atoms with Crippen LogP contribution in [0.25, 0.3) is 0 Å². The van der Waals surface area contributed by atoms with Crippen LogP contribution in [0.4, 0.5) is 0 Å². The van der Waals surface area contributed by atoms with Crippen LogP contribution in [-0.4, -0.2) is 44.9 Å². The highest BCUT2D eigenvalue weighted by Crippen LogP contribution is 2.17. The summed E-state index contributed by atoms with van der Waals surface area (Å²) >= 11 is 0. The summed E-state index contributed by atoms with van der Waals surface area (Å²) in [4.78, 5) is 13.7. The fourth-order valence-electron chi connectivity index (χ4n) is 2.14. The van der Waals surface area contributed by atoms with Crippen LogP contribution in [0.3, 0.4) is 0 Å². The molecule has 0 unspecified atom stereocenters. The van der Waals surface area contributed by atoms with Gasteiger partial charge >= 0.3 is 0 Å². The number of aryl methyl sites for hydroxylation is 1. The number of rotatable bonds is 4. The second kappa shape index (κ2) is 5.12. The second-order valence-electron chi connectivity index (χ2n) is 4.08. The molecule has 88 valence electrons. The van der Waals surface area contributed by atoms with Gasteiger partial charge in [-0.05, 0) is 18.9 Å². The number of nitrogens with zero attached hydrogens (tertiary/aromatic N) is 3. The number of carbonyl (C=O) groups is 1. The predicted molar refractivity (Wildman–Crippen MR) is 58.7 cm³/mol. The molecule has 0 aromatic carbocycles. The van der Waals surface area contributed by atoms with Crippen LogP contribution in [0.2, 0.25) is 0 Å². The molecular weight excluding hydrogens is 206 g/mol. The fraction of sp³-hybridized carbons (Fsp3) is 0.636. The average molecular weight is 223 g/mol. The minimum absolute atomic E-state index is 0.0325. The normalized spacial score (nSPS) is 20.3. The van der Waals surface area contributed by atoms with Gasteiger partial charge in [0.25, 0.3) is 0 Å². The van der Waals surface area contributed by atoms with Gasteiger partial charge in [0.05, 0.1) is 12.6 Å². The SMILES string of the molecule is O=C(CCn1cccn1)N1CCC[C@H]1CO. The molecule has 5 nitrogen and oxygen atoms in total. The second-order valence-corrected chi connectivity index (χ2v) is 4.08. The van der Waals surface area contributed by atoms with E-state index in [0.29, 0.717) is 13.0 Å². The van der Waals surface area contributed by atoms with Gasteiger partial charge in [-0.3, -0.25) is 9.48 Å². The molecule has 1 aliphatic heterocycles. The summed E-state index contributed by atoms with van der Waals surface area (Å²) < 4.78 is 1.75. The Morgan fingerprint density at radius 3 is 3.12 bits per heavy atom. The van der Waals surface area contributed by atoms with Crippen molar-refractivity contribution in [3.8, 4) is 0 Å². The Morgan fingerprint density at radius 1 is 1.56 bits per heavy atom. The summed E-state index contributed by atoms with van der Waals surface area (Å²) in [6.45, 7) is 1.47. The Morgan fingerprint density at radius 2 is 2.44 bits per heavy atom. The number of hydrogen-bond donors (Lipinski definition) is 1. The molecule has 0 saturated carbocycles. The molecule has 2 heterocycles. The molecule has 1 N–H and O–H groups in total. The quantitative estimate of drug-likeness (QED) is 0.796. The van der Waals surface area contributed by atoms with Crippen LogP contribution < -0.4 is 0 Å². The smallest absolute Gasteiger partial charge is 0.224 e. The lowest BCUT2D eigenvalue weighted by Gasteiger charge is -2.22. The molecule has 1 aromatic heterocycles. The van der Waals surface area contributed by atoms with Crippen molar-refractivity contribution in [1.29, 1.82) is 0 Å². The molecule has 2 rings (SSSR count). The number of hydrogen-bond acceptors (Lipinski definition) is 3. The van der Waals surface area contributed by atoms with Crippen LogP contribution in [0.5, 0.6) is 0 Å². The summed E-state index contributed by atoms with van der Waals surface area (Å²) in [5, 5.41) is 13.2. The van der Waals surface area contributed by atoms with Crippen molar-refractivity contribution in [2.75, 3.05) is 13.2 Å². The molecule has 0 bridgehead atoms. The molecule has 0 aliphatic carbocycles. The molecule has 0 radical (unpaired) electrons. The van der Waals surface area contributed by atoms with Crippen molar-refractivity contribution < 1.29 is 9.90 Å². The van der Waals surface area contributed by atoms with Gasteiger partial charge in [-0.15, -0.1) is 0 Å². The molecule has 1 atom stereocenters. The maximum Gasteiger partial charge on any atom is 0.224 e. The van der Waals surface area contributed by atoms with Gasteiger partial charge in [-0.1, -0.05) is 0 Å². The first-order valence-electron chi connectivity index (χ1n) is 5.69. The maximum atomic E-state index is 11.9. The highest BCUT2D eigenvalue weighted by molar-refractivity contribution is 5.76. The molecule has 16 heavy (non-hydrogen) atoms. The third kappa shape index (κ3) is 2.41. The van der Waals surface area contributed by atoms with E-state index in [1.165, 1.54) is 0 Å². The zero-order valence-corrected chi connectivity index (χ0v) is 9.25. The van der Waals surface area contributed by atoms with Crippen molar-refractivity contribution >= 4 is 5.91 Å². The highest BCUT2D eigenvalue weighted by Gasteiger charge is 2.27. The Kier molecular flexibility index (Phi) is 3.56.